The lowest BCUT2D eigenvalue weighted by Gasteiger charge is -2.20. The van der Waals surface area contributed by atoms with E-state index in [1.54, 1.807) is 18.2 Å². The molecule has 1 fully saturated rings. The summed E-state index contributed by atoms with van der Waals surface area (Å²) in [6.07, 6.45) is 1.72. The van der Waals surface area contributed by atoms with Crippen molar-refractivity contribution in [1.29, 1.82) is 0 Å². The van der Waals surface area contributed by atoms with Gasteiger partial charge in [-0.05, 0) is 18.9 Å². The predicted molar refractivity (Wildman–Crippen MR) is 67.7 cm³/mol. The molecule has 0 radical (unpaired) electrons. The molecule has 0 heterocycles. The Hall–Kier alpha value is -0.460. The summed E-state index contributed by atoms with van der Waals surface area (Å²) in [4.78, 5) is 0. The number of rotatable bonds is 5. The molecule has 0 spiro atoms. The van der Waals surface area contributed by atoms with E-state index in [1.165, 1.54) is 10.4 Å². The van der Waals surface area contributed by atoms with Crippen molar-refractivity contribution in [3.63, 3.8) is 0 Å². The lowest BCUT2D eigenvalue weighted by molar-refractivity contribution is 0.394. The molecule has 94 valence electrons. The van der Waals surface area contributed by atoms with E-state index in [4.69, 9.17) is 0 Å². The van der Waals surface area contributed by atoms with Gasteiger partial charge in [0.05, 0.1) is 0 Å². The van der Waals surface area contributed by atoms with Gasteiger partial charge >= 0.3 is 0 Å². The highest BCUT2D eigenvalue weighted by Gasteiger charge is 2.36. The highest BCUT2D eigenvalue weighted by molar-refractivity contribution is 9.10. The summed E-state index contributed by atoms with van der Waals surface area (Å²) < 4.78 is 38.5. The standard InChI is InChI=1S/C11H13BrFNO2S/c12-8-17(15,16)14(10-5-6-10)7-9-3-1-2-4-11(9)13/h1-4,10H,5-8H2. The summed E-state index contributed by atoms with van der Waals surface area (Å²) in [6, 6.07) is 6.32. The second-order valence-electron chi connectivity index (χ2n) is 4.09. The van der Waals surface area contributed by atoms with E-state index in [9.17, 15) is 12.8 Å². The first kappa shape index (κ1) is 13.0. The van der Waals surface area contributed by atoms with Crippen LogP contribution in [0.1, 0.15) is 18.4 Å². The number of hydrogen-bond acceptors (Lipinski definition) is 2. The zero-order valence-corrected chi connectivity index (χ0v) is 11.5. The van der Waals surface area contributed by atoms with Crippen molar-refractivity contribution in [2.24, 2.45) is 0 Å². The SMILES string of the molecule is O=S(=O)(CBr)N(Cc1ccccc1F)C1CC1. The molecule has 0 saturated heterocycles. The molecule has 1 aromatic carbocycles. The fourth-order valence-corrected chi connectivity index (χ4v) is 3.59. The van der Waals surface area contributed by atoms with Crippen LogP contribution in [0.2, 0.25) is 0 Å². The van der Waals surface area contributed by atoms with E-state index >= 15 is 0 Å². The molecule has 0 aromatic heterocycles. The molecule has 0 amide bonds. The zero-order chi connectivity index (χ0) is 12.5. The number of benzene rings is 1. The highest BCUT2D eigenvalue weighted by atomic mass is 79.9. The Morgan fingerprint density at radius 2 is 2.00 bits per heavy atom. The summed E-state index contributed by atoms with van der Waals surface area (Å²) in [6.45, 7) is 0.116. The van der Waals surface area contributed by atoms with Gasteiger partial charge in [0.15, 0.2) is 0 Å². The minimum absolute atomic E-state index is 0.0390. The predicted octanol–water partition coefficient (Wildman–Crippen LogP) is 2.47. The molecule has 0 bridgehead atoms. The third kappa shape index (κ3) is 3.05. The van der Waals surface area contributed by atoms with E-state index in [2.05, 4.69) is 15.9 Å². The maximum atomic E-state index is 13.5. The van der Waals surface area contributed by atoms with Crippen molar-refractivity contribution in [2.75, 3.05) is 4.66 Å². The molecule has 0 N–H and O–H groups in total. The normalized spacial score (nSPS) is 16.4. The number of alkyl halides is 1. The van der Waals surface area contributed by atoms with Crippen LogP contribution in [-0.2, 0) is 16.6 Å². The topological polar surface area (TPSA) is 37.4 Å². The Kier molecular flexibility index (Phi) is 3.85. The minimum Gasteiger partial charge on any atom is -0.211 e. The average Bonchev–Trinajstić information content (AvgIpc) is 3.12. The second-order valence-corrected chi connectivity index (χ2v) is 7.31. The van der Waals surface area contributed by atoms with E-state index in [-0.39, 0.29) is 23.1 Å². The Bertz CT molecular complexity index is 502. The molecule has 0 aliphatic heterocycles. The maximum absolute atomic E-state index is 13.5. The first-order valence-corrected chi connectivity index (χ1v) is 8.06. The van der Waals surface area contributed by atoms with Crippen LogP contribution in [-0.4, -0.2) is 23.4 Å². The summed E-state index contributed by atoms with van der Waals surface area (Å²) in [5.74, 6) is -0.358. The molecule has 0 atom stereocenters. The number of hydrogen-bond donors (Lipinski definition) is 0. The second kappa shape index (κ2) is 5.04. The third-order valence-electron chi connectivity index (χ3n) is 2.73. The van der Waals surface area contributed by atoms with Gasteiger partial charge in [-0.3, -0.25) is 0 Å². The lowest BCUT2D eigenvalue weighted by atomic mass is 10.2. The number of halogens is 2. The van der Waals surface area contributed by atoms with Crippen molar-refractivity contribution in [1.82, 2.24) is 4.31 Å². The average molecular weight is 322 g/mol. The van der Waals surface area contributed by atoms with Crippen molar-refractivity contribution in [3.8, 4) is 0 Å². The van der Waals surface area contributed by atoms with Gasteiger partial charge in [0, 0.05) is 18.2 Å². The first-order valence-electron chi connectivity index (χ1n) is 5.33. The van der Waals surface area contributed by atoms with Crippen LogP contribution < -0.4 is 0 Å². The van der Waals surface area contributed by atoms with Crippen molar-refractivity contribution in [3.05, 3.63) is 35.6 Å². The van der Waals surface area contributed by atoms with Crippen LogP contribution >= 0.6 is 15.9 Å². The number of sulfonamides is 1. The quantitative estimate of drug-likeness (QED) is 0.781. The molecule has 0 unspecified atom stereocenters. The first-order chi connectivity index (χ1) is 8.04. The van der Waals surface area contributed by atoms with Crippen molar-refractivity contribution in [2.45, 2.75) is 25.4 Å². The third-order valence-corrected chi connectivity index (χ3v) is 5.89. The van der Waals surface area contributed by atoms with Gasteiger partial charge in [-0.15, -0.1) is 0 Å². The molecule has 6 heteroatoms. The summed E-state index contributed by atoms with van der Waals surface area (Å²) >= 11 is 2.98. The van der Waals surface area contributed by atoms with Crippen molar-refractivity contribution < 1.29 is 12.8 Å². The van der Waals surface area contributed by atoms with Crippen LogP contribution in [0.15, 0.2) is 24.3 Å². The van der Waals surface area contributed by atoms with Crippen LogP contribution in [0.4, 0.5) is 4.39 Å². The van der Waals surface area contributed by atoms with E-state index < -0.39 is 10.0 Å². The van der Waals surface area contributed by atoms with Crippen LogP contribution in [0.25, 0.3) is 0 Å². The molecule has 2 rings (SSSR count). The fraction of sp³-hybridized carbons (Fsp3) is 0.455. The minimum atomic E-state index is -3.33. The monoisotopic (exact) mass is 321 g/mol. The van der Waals surface area contributed by atoms with Gasteiger partial charge in [-0.2, -0.15) is 4.31 Å². The zero-order valence-electron chi connectivity index (χ0n) is 9.14. The molecular formula is C11H13BrFNO2S. The molecule has 17 heavy (non-hydrogen) atoms. The molecule has 1 aliphatic rings. The fourth-order valence-electron chi connectivity index (χ4n) is 1.67. The van der Waals surface area contributed by atoms with Gasteiger partial charge < -0.3 is 0 Å². The molecular weight excluding hydrogens is 309 g/mol. The van der Waals surface area contributed by atoms with Crippen LogP contribution in [0, 0.1) is 5.82 Å². The van der Waals surface area contributed by atoms with E-state index in [1.807, 2.05) is 0 Å². The summed E-state index contributed by atoms with van der Waals surface area (Å²) in [5.41, 5.74) is 0.420. The molecule has 1 aliphatic carbocycles. The number of nitrogens with zero attached hydrogens (tertiary/aromatic N) is 1. The van der Waals surface area contributed by atoms with Gasteiger partial charge in [-0.25, -0.2) is 12.8 Å². The Morgan fingerprint density at radius 1 is 1.35 bits per heavy atom. The van der Waals surface area contributed by atoms with Gasteiger partial charge in [0.2, 0.25) is 10.0 Å². The van der Waals surface area contributed by atoms with E-state index in [0.717, 1.165) is 12.8 Å². The van der Waals surface area contributed by atoms with Gasteiger partial charge in [0.1, 0.15) is 10.5 Å². The smallest absolute Gasteiger partial charge is 0.211 e. The molecule has 1 saturated carbocycles. The highest BCUT2D eigenvalue weighted by Crippen LogP contribution is 2.31. The largest absolute Gasteiger partial charge is 0.224 e. The van der Waals surface area contributed by atoms with Gasteiger partial charge in [-0.1, -0.05) is 34.1 Å². The van der Waals surface area contributed by atoms with Crippen LogP contribution in [0.3, 0.4) is 0 Å². The molecule has 3 nitrogen and oxygen atoms in total. The van der Waals surface area contributed by atoms with Gasteiger partial charge in [0.25, 0.3) is 0 Å². The summed E-state index contributed by atoms with van der Waals surface area (Å²) in [5, 5.41) is 0. The lowest BCUT2D eigenvalue weighted by Crippen LogP contribution is -2.33. The van der Waals surface area contributed by atoms with Crippen molar-refractivity contribution >= 4 is 26.0 Å². The van der Waals surface area contributed by atoms with Crippen LogP contribution in [0.5, 0.6) is 0 Å². The maximum Gasteiger partial charge on any atom is 0.224 e. The Labute approximate surface area is 109 Å². The molecule has 1 aromatic rings. The Morgan fingerprint density at radius 3 is 2.53 bits per heavy atom. The van der Waals surface area contributed by atoms with E-state index in [0.29, 0.717) is 5.56 Å². The Balaban J connectivity index is 2.22. The summed E-state index contributed by atoms with van der Waals surface area (Å²) in [7, 11) is -3.33.